The van der Waals surface area contributed by atoms with Gasteiger partial charge in [-0.1, -0.05) is 12.1 Å². The zero-order valence-corrected chi connectivity index (χ0v) is 10.1. The molecule has 16 heavy (non-hydrogen) atoms. The van der Waals surface area contributed by atoms with Crippen LogP contribution in [0.4, 0.5) is 0 Å². The summed E-state index contributed by atoms with van der Waals surface area (Å²) in [5.74, 6) is 1.02. The van der Waals surface area contributed by atoms with Gasteiger partial charge in [-0.2, -0.15) is 4.98 Å². The molecule has 0 aromatic carbocycles. The number of aromatic nitrogens is 2. The van der Waals surface area contributed by atoms with Crippen molar-refractivity contribution < 1.29 is 9.26 Å². The fourth-order valence-electron chi connectivity index (χ4n) is 1.26. The highest BCUT2D eigenvalue weighted by Gasteiger charge is 2.14. The number of ether oxygens (including phenoxy) is 1. The summed E-state index contributed by atoms with van der Waals surface area (Å²) in [6, 6.07) is -0.223. The van der Waals surface area contributed by atoms with E-state index in [1.807, 2.05) is 25.9 Å². The molecular formula is C10H20N4O2. The molecule has 0 bridgehead atoms. The molecule has 1 heterocycles. The molecule has 0 radical (unpaired) electrons. The Morgan fingerprint density at radius 1 is 1.50 bits per heavy atom. The quantitative estimate of drug-likeness (QED) is 0.687. The first-order valence-electron chi connectivity index (χ1n) is 5.44. The number of likely N-dealkylation sites (N-methyl/N-ethyl adjacent to an activating group) is 1. The van der Waals surface area contributed by atoms with E-state index in [-0.39, 0.29) is 6.04 Å². The Bertz CT molecular complexity index is 301. The highest BCUT2D eigenvalue weighted by Crippen LogP contribution is 2.07. The maximum Gasteiger partial charge on any atom is 0.252 e. The molecule has 1 unspecified atom stereocenters. The highest BCUT2D eigenvalue weighted by atomic mass is 16.5. The van der Waals surface area contributed by atoms with Gasteiger partial charge in [-0.15, -0.1) is 0 Å². The monoisotopic (exact) mass is 228 g/mol. The Balaban J connectivity index is 2.44. The topological polar surface area (TPSA) is 77.4 Å². The molecule has 0 amide bonds. The summed E-state index contributed by atoms with van der Waals surface area (Å²) >= 11 is 0. The molecule has 1 aromatic rings. The molecule has 0 fully saturated rings. The minimum absolute atomic E-state index is 0.223. The lowest BCUT2D eigenvalue weighted by Crippen LogP contribution is -2.26. The molecule has 6 nitrogen and oxygen atoms in total. The Morgan fingerprint density at radius 2 is 2.25 bits per heavy atom. The van der Waals surface area contributed by atoms with Crippen LogP contribution in [0.1, 0.15) is 31.1 Å². The van der Waals surface area contributed by atoms with Crippen molar-refractivity contribution in [2.75, 3.05) is 27.2 Å². The van der Waals surface area contributed by atoms with Crippen LogP contribution in [0.2, 0.25) is 0 Å². The van der Waals surface area contributed by atoms with Gasteiger partial charge in [-0.3, -0.25) is 0 Å². The molecule has 92 valence electrons. The summed E-state index contributed by atoms with van der Waals surface area (Å²) in [5, 5.41) is 3.83. The predicted molar refractivity (Wildman–Crippen MR) is 59.7 cm³/mol. The van der Waals surface area contributed by atoms with E-state index in [4.69, 9.17) is 15.0 Å². The molecule has 0 saturated carbocycles. The van der Waals surface area contributed by atoms with Crippen LogP contribution < -0.4 is 5.73 Å². The van der Waals surface area contributed by atoms with Gasteiger partial charge in [0.15, 0.2) is 5.82 Å². The van der Waals surface area contributed by atoms with Gasteiger partial charge in [0.2, 0.25) is 0 Å². The van der Waals surface area contributed by atoms with Gasteiger partial charge in [0.1, 0.15) is 6.61 Å². The van der Waals surface area contributed by atoms with Gasteiger partial charge < -0.3 is 19.9 Å². The van der Waals surface area contributed by atoms with Crippen molar-refractivity contribution in [1.82, 2.24) is 15.0 Å². The van der Waals surface area contributed by atoms with Crippen molar-refractivity contribution >= 4 is 0 Å². The van der Waals surface area contributed by atoms with Gasteiger partial charge in [0, 0.05) is 13.2 Å². The molecule has 1 rings (SSSR count). The number of rotatable bonds is 7. The van der Waals surface area contributed by atoms with Crippen molar-refractivity contribution in [1.29, 1.82) is 0 Å². The van der Waals surface area contributed by atoms with E-state index < -0.39 is 0 Å². The molecule has 1 atom stereocenters. The molecule has 0 saturated heterocycles. The first-order chi connectivity index (χ1) is 7.63. The van der Waals surface area contributed by atoms with Gasteiger partial charge in [0.05, 0.1) is 6.04 Å². The summed E-state index contributed by atoms with van der Waals surface area (Å²) < 4.78 is 10.3. The van der Waals surface area contributed by atoms with E-state index in [0.717, 1.165) is 6.42 Å². The SMILES string of the molecule is CCCOCc1nc(C(N)CN(C)C)no1. The van der Waals surface area contributed by atoms with Gasteiger partial charge >= 0.3 is 0 Å². The lowest BCUT2D eigenvalue weighted by atomic mass is 10.3. The minimum Gasteiger partial charge on any atom is -0.372 e. The first-order valence-corrected chi connectivity index (χ1v) is 5.44. The van der Waals surface area contributed by atoms with E-state index in [9.17, 15) is 0 Å². The summed E-state index contributed by atoms with van der Waals surface area (Å²) in [4.78, 5) is 6.16. The third-order valence-corrected chi connectivity index (χ3v) is 1.95. The molecule has 1 aromatic heterocycles. The second-order valence-corrected chi connectivity index (χ2v) is 3.97. The van der Waals surface area contributed by atoms with Crippen LogP contribution in [-0.4, -0.2) is 42.3 Å². The normalized spacial score (nSPS) is 13.3. The standard InChI is InChI=1S/C10H20N4O2/c1-4-5-15-7-9-12-10(13-16-9)8(11)6-14(2)3/h8H,4-7,11H2,1-3H3. The molecule has 6 heteroatoms. The maximum atomic E-state index is 5.90. The number of nitrogens with zero attached hydrogens (tertiary/aromatic N) is 3. The second kappa shape index (κ2) is 6.57. The minimum atomic E-state index is -0.223. The number of nitrogens with two attached hydrogens (primary N) is 1. The zero-order valence-electron chi connectivity index (χ0n) is 10.1. The van der Waals surface area contributed by atoms with Crippen molar-refractivity contribution in [3.05, 3.63) is 11.7 Å². The summed E-state index contributed by atoms with van der Waals surface area (Å²) in [7, 11) is 3.90. The second-order valence-electron chi connectivity index (χ2n) is 3.97. The third-order valence-electron chi connectivity index (χ3n) is 1.95. The van der Waals surface area contributed by atoms with Crippen LogP contribution in [0.3, 0.4) is 0 Å². The van der Waals surface area contributed by atoms with Crippen LogP contribution in [0.15, 0.2) is 4.52 Å². The van der Waals surface area contributed by atoms with Crippen LogP contribution in [0.25, 0.3) is 0 Å². The van der Waals surface area contributed by atoms with E-state index in [1.165, 1.54) is 0 Å². The van der Waals surface area contributed by atoms with Crippen LogP contribution in [-0.2, 0) is 11.3 Å². The van der Waals surface area contributed by atoms with Gasteiger partial charge in [-0.05, 0) is 20.5 Å². The van der Waals surface area contributed by atoms with E-state index in [2.05, 4.69) is 10.1 Å². The van der Waals surface area contributed by atoms with Crippen molar-refractivity contribution in [2.24, 2.45) is 5.73 Å². The molecule has 2 N–H and O–H groups in total. The zero-order chi connectivity index (χ0) is 12.0. The fraction of sp³-hybridized carbons (Fsp3) is 0.800. The third kappa shape index (κ3) is 4.26. The Morgan fingerprint density at radius 3 is 2.88 bits per heavy atom. The Hall–Kier alpha value is -0.980. The lowest BCUT2D eigenvalue weighted by molar-refractivity contribution is 0.0981. The lowest BCUT2D eigenvalue weighted by Gasteiger charge is -2.12. The average molecular weight is 228 g/mol. The number of hydrogen-bond donors (Lipinski definition) is 1. The van der Waals surface area contributed by atoms with Gasteiger partial charge in [0.25, 0.3) is 5.89 Å². The smallest absolute Gasteiger partial charge is 0.252 e. The fourth-order valence-corrected chi connectivity index (χ4v) is 1.26. The van der Waals surface area contributed by atoms with Crippen LogP contribution >= 0.6 is 0 Å². The summed E-state index contributed by atoms with van der Waals surface area (Å²) in [5.41, 5.74) is 5.90. The molecular weight excluding hydrogens is 208 g/mol. The van der Waals surface area contributed by atoms with Crippen LogP contribution in [0, 0.1) is 0 Å². The largest absolute Gasteiger partial charge is 0.372 e. The van der Waals surface area contributed by atoms with E-state index in [1.54, 1.807) is 0 Å². The molecule has 0 aliphatic rings. The summed E-state index contributed by atoms with van der Waals surface area (Å²) in [6.45, 7) is 3.79. The Labute approximate surface area is 95.7 Å². The Kier molecular flexibility index (Phi) is 5.37. The van der Waals surface area contributed by atoms with Gasteiger partial charge in [-0.25, -0.2) is 0 Å². The maximum absolute atomic E-state index is 5.90. The first kappa shape index (κ1) is 13.1. The summed E-state index contributed by atoms with van der Waals surface area (Å²) in [6.07, 6.45) is 0.973. The van der Waals surface area contributed by atoms with E-state index >= 15 is 0 Å². The highest BCUT2D eigenvalue weighted by molar-refractivity contribution is 4.93. The molecule has 0 aliphatic heterocycles. The average Bonchev–Trinajstić information content (AvgIpc) is 2.66. The number of hydrogen-bond acceptors (Lipinski definition) is 6. The van der Waals surface area contributed by atoms with E-state index in [0.29, 0.717) is 31.5 Å². The van der Waals surface area contributed by atoms with Crippen molar-refractivity contribution in [2.45, 2.75) is 26.0 Å². The predicted octanol–water partition coefficient (Wildman–Crippen LogP) is 0.558. The van der Waals surface area contributed by atoms with Crippen LogP contribution in [0.5, 0.6) is 0 Å². The molecule has 0 spiro atoms. The van der Waals surface area contributed by atoms with Crippen molar-refractivity contribution in [3.8, 4) is 0 Å². The molecule has 0 aliphatic carbocycles. The van der Waals surface area contributed by atoms with Crippen molar-refractivity contribution in [3.63, 3.8) is 0 Å².